The molecule has 26 heavy (non-hydrogen) atoms. The number of carbonyl (C=O) groups is 1. The predicted octanol–water partition coefficient (Wildman–Crippen LogP) is 4.83. The van der Waals surface area contributed by atoms with Gasteiger partial charge in [0.2, 0.25) is 0 Å². The Balaban J connectivity index is 0.00000117. The van der Waals surface area contributed by atoms with Crippen molar-refractivity contribution in [2.45, 2.75) is 65.9 Å². The van der Waals surface area contributed by atoms with Gasteiger partial charge in [-0.3, -0.25) is 0 Å². The fourth-order valence-corrected chi connectivity index (χ4v) is 3.21. The lowest BCUT2D eigenvalue weighted by Crippen LogP contribution is -2.42. The molecule has 0 bridgehead atoms. The second-order valence-electron chi connectivity index (χ2n) is 7.33. The van der Waals surface area contributed by atoms with Gasteiger partial charge in [0, 0.05) is 24.6 Å². The molecule has 1 saturated heterocycles. The first-order chi connectivity index (χ1) is 12.2. The molecule has 0 radical (unpaired) electrons. The third-order valence-electron chi connectivity index (χ3n) is 4.12. The van der Waals surface area contributed by atoms with E-state index in [0.717, 1.165) is 29.7 Å². The summed E-state index contributed by atoms with van der Waals surface area (Å²) in [5.41, 5.74) is 2.17. The van der Waals surface area contributed by atoms with Crippen molar-refractivity contribution in [3.63, 3.8) is 0 Å². The number of amides is 1. The van der Waals surface area contributed by atoms with Crippen molar-refractivity contribution in [3.8, 4) is 0 Å². The molecule has 7 heteroatoms. The van der Waals surface area contributed by atoms with Gasteiger partial charge in [0.15, 0.2) is 5.65 Å². The highest BCUT2D eigenvalue weighted by Gasteiger charge is 2.29. The summed E-state index contributed by atoms with van der Waals surface area (Å²) in [5, 5.41) is 4.76. The standard InChI is InChI=1S/C17H23ClN4O2.C2H6/c1-11-9-19-22-14(18)8-13(20-15(11)22)12-6-5-7-21(10-12)16(23)24-17(2,3)4;1-2/h8-9,12H,5-7,10H2,1-4H3;1-2H3. The molecule has 0 saturated carbocycles. The number of carbonyl (C=O) groups excluding carboxylic acids is 1. The molecule has 6 nitrogen and oxygen atoms in total. The minimum atomic E-state index is -0.487. The van der Waals surface area contributed by atoms with Crippen molar-refractivity contribution in [2.75, 3.05) is 13.1 Å². The highest BCUT2D eigenvalue weighted by molar-refractivity contribution is 6.29. The molecule has 144 valence electrons. The summed E-state index contributed by atoms with van der Waals surface area (Å²) in [6, 6.07) is 1.85. The summed E-state index contributed by atoms with van der Waals surface area (Å²) in [4.78, 5) is 18.8. The molecular weight excluding hydrogens is 352 g/mol. The fourth-order valence-electron chi connectivity index (χ4n) is 2.97. The van der Waals surface area contributed by atoms with Crippen molar-refractivity contribution in [3.05, 3.63) is 28.7 Å². The minimum absolute atomic E-state index is 0.156. The van der Waals surface area contributed by atoms with Crippen LogP contribution in [0.4, 0.5) is 4.79 Å². The Labute approximate surface area is 160 Å². The van der Waals surface area contributed by atoms with Crippen molar-refractivity contribution in [1.29, 1.82) is 0 Å². The molecule has 0 aliphatic carbocycles. The molecule has 1 aliphatic heterocycles. The van der Waals surface area contributed by atoms with Crippen molar-refractivity contribution >= 4 is 23.3 Å². The number of likely N-dealkylation sites (tertiary alicyclic amines) is 1. The van der Waals surface area contributed by atoms with Crippen LogP contribution in [-0.2, 0) is 4.74 Å². The number of hydrogen-bond acceptors (Lipinski definition) is 4. The first-order valence-corrected chi connectivity index (χ1v) is 9.61. The smallest absolute Gasteiger partial charge is 0.410 e. The maximum Gasteiger partial charge on any atom is 0.410 e. The summed E-state index contributed by atoms with van der Waals surface area (Å²) in [5.74, 6) is 0.156. The number of rotatable bonds is 1. The molecular formula is C19H29ClN4O2. The third kappa shape index (κ3) is 4.67. The molecule has 3 rings (SSSR count). The summed E-state index contributed by atoms with van der Waals surface area (Å²) >= 11 is 6.34. The Bertz CT molecular complexity index is 767. The van der Waals surface area contributed by atoms with E-state index in [1.54, 1.807) is 15.6 Å². The Morgan fingerprint density at radius 1 is 1.35 bits per heavy atom. The molecule has 1 unspecified atom stereocenters. The zero-order valence-electron chi connectivity index (χ0n) is 16.5. The molecule has 1 atom stereocenters. The van der Waals surface area contributed by atoms with Gasteiger partial charge in [0.25, 0.3) is 0 Å². The number of fused-ring (bicyclic) bond motifs is 1. The molecule has 1 aliphatic rings. The first kappa shape index (κ1) is 20.5. The maximum absolute atomic E-state index is 12.3. The van der Waals surface area contributed by atoms with Gasteiger partial charge in [0.1, 0.15) is 10.8 Å². The van der Waals surface area contributed by atoms with Crippen LogP contribution in [0.5, 0.6) is 0 Å². The van der Waals surface area contributed by atoms with Gasteiger partial charge in [-0.25, -0.2) is 14.3 Å². The SMILES string of the molecule is CC.Cc1cnn2c(Cl)cc(C3CCCN(C(=O)OC(C)(C)C)C3)nc12. The number of nitrogens with zero attached hydrogens (tertiary/aromatic N) is 4. The summed E-state index contributed by atoms with van der Waals surface area (Å²) in [7, 11) is 0. The van der Waals surface area contributed by atoms with Crippen LogP contribution in [0, 0.1) is 6.92 Å². The summed E-state index contributed by atoms with van der Waals surface area (Å²) in [6.45, 7) is 12.9. The van der Waals surface area contributed by atoms with Gasteiger partial charge in [-0.15, -0.1) is 0 Å². The van der Waals surface area contributed by atoms with Gasteiger partial charge < -0.3 is 9.64 Å². The number of hydrogen-bond donors (Lipinski definition) is 0. The predicted molar refractivity (Wildman–Crippen MR) is 104 cm³/mol. The first-order valence-electron chi connectivity index (χ1n) is 9.23. The average molecular weight is 381 g/mol. The number of piperidine rings is 1. The number of aromatic nitrogens is 3. The fraction of sp³-hybridized carbons (Fsp3) is 0.632. The lowest BCUT2D eigenvalue weighted by molar-refractivity contribution is 0.0197. The maximum atomic E-state index is 12.3. The van der Waals surface area contributed by atoms with Crippen LogP contribution in [0.1, 0.15) is 64.6 Å². The Morgan fingerprint density at radius 2 is 2.04 bits per heavy atom. The van der Waals surface area contributed by atoms with Gasteiger partial charge in [0.05, 0.1) is 11.9 Å². The summed E-state index contributed by atoms with van der Waals surface area (Å²) < 4.78 is 7.12. The topological polar surface area (TPSA) is 59.7 Å². The van der Waals surface area contributed by atoms with E-state index < -0.39 is 5.60 Å². The van der Waals surface area contributed by atoms with Crippen molar-refractivity contribution in [2.24, 2.45) is 0 Å². The van der Waals surface area contributed by atoms with E-state index >= 15 is 0 Å². The lowest BCUT2D eigenvalue weighted by Gasteiger charge is -2.34. The van der Waals surface area contributed by atoms with Gasteiger partial charge in [-0.05, 0) is 46.6 Å². The highest BCUT2D eigenvalue weighted by Crippen LogP contribution is 2.29. The molecule has 2 aromatic rings. The van der Waals surface area contributed by atoms with Crippen molar-refractivity contribution in [1.82, 2.24) is 19.5 Å². The minimum Gasteiger partial charge on any atom is -0.444 e. The molecule has 1 fully saturated rings. The second kappa shape index (κ2) is 8.25. The molecule has 3 heterocycles. The van der Waals surface area contributed by atoms with E-state index in [0.29, 0.717) is 18.2 Å². The molecule has 0 aromatic carbocycles. The zero-order chi connectivity index (χ0) is 19.5. The Kier molecular flexibility index (Phi) is 6.50. The Morgan fingerprint density at radius 3 is 2.69 bits per heavy atom. The van der Waals surface area contributed by atoms with Crippen LogP contribution in [0.25, 0.3) is 5.65 Å². The van der Waals surface area contributed by atoms with Crippen LogP contribution in [0.2, 0.25) is 5.15 Å². The van der Waals surface area contributed by atoms with Gasteiger partial charge in [-0.2, -0.15) is 5.10 Å². The van der Waals surface area contributed by atoms with Crippen LogP contribution in [-0.4, -0.2) is 44.3 Å². The lowest BCUT2D eigenvalue weighted by atomic mass is 9.95. The van der Waals surface area contributed by atoms with E-state index in [-0.39, 0.29) is 12.0 Å². The molecule has 2 aromatic heterocycles. The average Bonchev–Trinajstić information content (AvgIpc) is 2.97. The molecule has 0 spiro atoms. The van der Waals surface area contributed by atoms with Crippen LogP contribution in [0.3, 0.4) is 0 Å². The molecule has 1 amide bonds. The van der Waals surface area contributed by atoms with Crippen molar-refractivity contribution < 1.29 is 9.53 Å². The second-order valence-corrected chi connectivity index (χ2v) is 7.72. The van der Waals surface area contributed by atoms with E-state index in [2.05, 4.69) is 5.10 Å². The van der Waals surface area contributed by atoms with Crippen LogP contribution in [0.15, 0.2) is 12.3 Å². The van der Waals surface area contributed by atoms with Crippen LogP contribution >= 0.6 is 11.6 Å². The van der Waals surface area contributed by atoms with Gasteiger partial charge in [-0.1, -0.05) is 25.4 Å². The number of aryl methyl sites for hydroxylation is 1. The monoisotopic (exact) mass is 380 g/mol. The number of ether oxygens (including phenoxy) is 1. The van der Waals surface area contributed by atoms with E-state index in [9.17, 15) is 4.79 Å². The highest BCUT2D eigenvalue weighted by atomic mass is 35.5. The Hall–Kier alpha value is -1.82. The van der Waals surface area contributed by atoms with Crippen LogP contribution < -0.4 is 0 Å². The summed E-state index contributed by atoms with van der Waals surface area (Å²) in [6.07, 6.45) is 3.39. The molecule has 0 N–H and O–H groups in total. The number of halogens is 1. The van der Waals surface area contributed by atoms with E-state index in [4.69, 9.17) is 21.3 Å². The largest absolute Gasteiger partial charge is 0.444 e. The third-order valence-corrected chi connectivity index (χ3v) is 4.39. The van der Waals surface area contributed by atoms with E-state index in [1.807, 2.05) is 47.6 Å². The zero-order valence-corrected chi connectivity index (χ0v) is 17.3. The van der Waals surface area contributed by atoms with Gasteiger partial charge >= 0.3 is 6.09 Å². The van der Waals surface area contributed by atoms with E-state index in [1.165, 1.54) is 0 Å². The quantitative estimate of drug-likeness (QED) is 0.664. The normalized spacial score (nSPS) is 17.7.